The fourth-order valence-corrected chi connectivity index (χ4v) is 2.94. The number of benzene rings is 2. The predicted molar refractivity (Wildman–Crippen MR) is 99.4 cm³/mol. The summed E-state index contributed by atoms with van der Waals surface area (Å²) in [4.78, 5) is 34.6. The number of hydrogen-bond acceptors (Lipinski definition) is 6. The molecule has 10 heteroatoms. The SMILES string of the molecule is C[C@@H](OC(=O)CSc1ccccc1[N+](=O)[O-])C(=O)Nc1ccc(Cl)cc1F. The van der Waals surface area contributed by atoms with E-state index in [1.165, 1.54) is 37.3 Å². The number of anilines is 1. The van der Waals surface area contributed by atoms with Crippen LogP contribution in [-0.4, -0.2) is 28.7 Å². The van der Waals surface area contributed by atoms with Crippen molar-refractivity contribution < 1.29 is 23.6 Å². The molecule has 2 rings (SSSR count). The lowest BCUT2D eigenvalue weighted by molar-refractivity contribution is -0.387. The summed E-state index contributed by atoms with van der Waals surface area (Å²) in [6.07, 6.45) is -1.18. The summed E-state index contributed by atoms with van der Waals surface area (Å²) in [5.74, 6) is -2.41. The summed E-state index contributed by atoms with van der Waals surface area (Å²) in [6.45, 7) is 1.33. The lowest BCUT2D eigenvalue weighted by atomic mass is 10.3. The van der Waals surface area contributed by atoms with Gasteiger partial charge in [0, 0.05) is 11.1 Å². The fourth-order valence-electron chi connectivity index (χ4n) is 1.98. The molecule has 0 bridgehead atoms. The molecule has 1 N–H and O–H groups in total. The van der Waals surface area contributed by atoms with Gasteiger partial charge in [0.2, 0.25) is 0 Å². The molecule has 0 fully saturated rings. The predicted octanol–water partition coefficient (Wildman–Crippen LogP) is 4.05. The number of amides is 1. The van der Waals surface area contributed by atoms with E-state index in [1.54, 1.807) is 6.07 Å². The number of halogens is 2. The molecule has 1 atom stereocenters. The Bertz CT molecular complexity index is 880. The van der Waals surface area contributed by atoms with E-state index in [1.807, 2.05) is 0 Å². The molecule has 0 aromatic heterocycles. The van der Waals surface area contributed by atoms with Crippen LogP contribution in [0.1, 0.15) is 6.92 Å². The van der Waals surface area contributed by atoms with Crippen molar-refractivity contribution in [1.82, 2.24) is 0 Å². The molecule has 0 saturated heterocycles. The smallest absolute Gasteiger partial charge is 0.317 e. The molecule has 7 nitrogen and oxygen atoms in total. The molecule has 2 aromatic rings. The Hall–Kier alpha value is -2.65. The number of carbonyl (C=O) groups is 2. The number of nitrogens with zero attached hydrogens (tertiary/aromatic N) is 1. The molecule has 0 saturated carbocycles. The Balaban J connectivity index is 1.89. The molecule has 0 aliphatic rings. The third kappa shape index (κ3) is 5.93. The Morgan fingerprint density at radius 2 is 2.04 bits per heavy atom. The van der Waals surface area contributed by atoms with Crippen molar-refractivity contribution >= 4 is 46.6 Å². The number of esters is 1. The molecule has 0 aliphatic heterocycles. The average molecular weight is 413 g/mol. The number of nitrogens with one attached hydrogen (secondary N) is 1. The number of thioether (sulfide) groups is 1. The molecule has 0 heterocycles. The maximum atomic E-state index is 13.7. The second-order valence-electron chi connectivity index (χ2n) is 5.26. The number of ether oxygens (including phenoxy) is 1. The lowest BCUT2D eigenvalue weighted by Gasteiger charge is -2.14. The van der Waals surface area contributed by atoms with Gasteiger partial charge in [0.05, 0.1) is 21.3 Å². The number of hydrogen-bond donors (Lipinski definition) is 1. The first-order valence-corrected chi connectivity index (χ1v) is 8.96. The number of nitro groups is 1. The van der Waals surface area contributed by atoms with Crippen LogP contribution in [0.15, 0.2) is 47.4 Å². The minimum absolute atomic E-state index is 0.0958. The first kappa shape index (κ1) is 20.7. The maximum Gasteiger partial charge on any atom is 0.317 e. The van der Waals surface area contributed by atoms with Crippen molar-refractivity contribution in [3.05, 3.63) is 63.4 Å². The van der Waals surface area contributed by atoms with E-state index in [0.29, 0.717) is 4.90 Å². The van der Waals surface area contributed by atoms with E-state index in [4.69, 9.17) is 16.3 Å². The van der Waals surface area contributed by atoms with Crippen LogP contribution in [0, 0.1) is 15.9 Å². The van der Waals surface area contributed by atoms with Gasteiger partial charge in [-0.15, -0.1) is 11.8 Å². The Morgan fingerprint density at radius 3 is 2.70 bits per heavy atom. The molecular weight excluding hydrogens is 399 g/mol. The number of para-hydroxylation sites is 1. The van der Waals surface area contributed by atoms with Gasteiger partial charge in [0.15, 0.2) is 6.10 Å². The number of nitro benzene ring substituents is 1. The van der Waals surface area contributed by atoms with Gasteiger partial charge in [-0.3, -0.25) is 19.7 Å². The highest BCUT2D eigenvalue weighted by molar-refractivity contribution is 8.00. The molecule has 0 spiro atoms. The van der Waals surface area contributed by atoms with E-state index >= 15 is 0 Å². The van der Waals surface area contributed by atoms with Crippen molar-refractivity contribution in [3.8, 4) is 0 Å². The molecule has 0 radical (unpaired) electrons. The summed E-state index contributed by atoms with van der Waals surface area (Å²) in [5.41, 5.74) is -0.221. The highest BCUT2D eigenvalue weighted by Crippen LogP contribution is 2.28. The molecule has 1 amide bonds. The molecule has 27 heavy (non-hydrogen) atoms. The van der Waals surface area contributed by atoms with Gasteiger partial charge in [-0.2, -0.15) is 0 Å². The van der Waals surface area contributed by atoms with E-state index in [9.17, 15) is 24.1 Å². The Morgan fingerprint density at radius 1 is 1.33 bits per heavy atom. The minimum atomic E-state index is -1.18. The van der Waals surface area contributed by atoms with Crippen LogP contribution < -0.4 is 5.32 Å². The van der Waals surface area contributed by atoms with E-state index in [-0.39, 0.29) is 22.2 Å². The van der Waals surface area contributed by atoms with Crippen molar-refractivity contribution in [2.75, 3.05) is 11.1 Å². The summed E-state index contributed by atoms with van der Waals surface area (Å²) < 4.78 is 18.7. The van der Waals surface area contributed by atoms with Crippen LogP contribution in [-0.2, 0) is 14.3 Å². The van der Waals surface area contributed by atoms with E-state index in [2.05, 4.69) is 5.32 Å². The topological polar surface area (TPSA) is 98.5 Å². The highest BCUT2D eigenvalue weighted by atomic mass is 35.5. The zero-order valence-electron chi connectivity index (χ0n) is 14.0. The first-order chi connectivity index (χ1) is 12.8. The zero-order chi connectivity index (χ0) is 20.0. The molecule has 142 valence electrons. The first-order valence-electron chi connectivity index (χ1n) is 7.59. The quantitative estimate of drug-likeness (QED) is 0.319. The zero-order valence-corrected chi connectivity index (χ0v) is 15.6. The third-order valence-electron chi connectivity index (χ3n) is 3.27. The summed E-state index contributed by atoms with van der Waals surface area (Å²) in [5, 5.41) is 13.4. The van der Waals surface area contributed by atoms with Crippen LogP contribution in [0.25, 0.3) is 0 Å². The van der Waals surface area contributed by atoms with Crippen LogP contribution in [0.3, 0.4) is 0 Å². The van der Waals surface area contributed by atoms with E-state index < -0.39 is 28.7 Å². The van der Waals surface area contributed by atoms with Gasteiger partial charge in [-0.25, -0.2) is 4.39 Å². The largest absolute Gasteiger partial charge is 0.452 e. The highest BCUT2D eigenvalue weighted by Gasteiger charge is 2.20. The van der Waals surface area contributed by atoms with Crippen LogP contribution in [0.2, 0.25) is 5.02 Å². The van der Waals surface area contributed by atoms with Crippen molar-refractivity contribution in [3.63, 3.8) is 0 Å². The maximum absolute atomic E-state index is 13.7. The minimum Gasteiger partial charge on any atom is -0.452 e. The summed E-state index contributed by atoms with van der Waals surface area (Å²) in [6, 6.07) is 9.69. The molecule has 0 aliphatic carbocycles. The summed E-state index contributed by atoms with van der Waals surface area (Å²) >= 11 is 6.56. The second kappa shape index (κ2) is 9.33. The number of carbonyl (C=O) groups excluding carboxylic acids is 2. The van der Waals surface area contributed by atoms with Crippen molar-refractivity contribution in [1.29, 1.82) is 0 Å². The monoisotopic (exact) mass is 412 g/mol. The molecule has 2 aromatic carbocycles. The average Bonchev–Trinajstić information content (AvgIpc) is 2.62. The fraction of sp³-hybridized carbons (Fsp3) is 0.176. The lowest BCUT2D eigenvalue weighted by Crippen LogP contribution is -2.30. The summed E-state index contributed by atoms with van der Waals surface area (Å²) in [7, 11) is 0. The normalized spacial score (nSPS) is 11.5. The Kier molecular flexibility index (Phi) is 7.14. The Labute approximate surface area is 163 Å². The van der Waals surface area contributed by atoms with Crippen LogP contribution in [0.5, 0.6) is 0 Å². The van der Waals surface area contributed by atoms with E-state index in [0.717, 1.165) is 17.8 Å². The second-order valence-corrected chi connectivity index (χ2v) is 6.71. The van der Waals surface area contributed by atoms with Crippen molar-refractivity contribution in [2.24, 2.45) is 0 Å². The molecule has 0 unspecified atom stereocenters. The van der Waals surface area contributed by atoms with Gasteiger partial charge in [0.25, 0.3) is 11.6 Å². The van der Waals surface area contributed by atoms with Crippen LogP contribution in [0.4, 0.5) is 15.8 Å². The van der Waals surface area contributed by atoms with Gasteiger partial charge >= 0.3 is 5.97 Å². The number of rotatable bonds is 7. The van der Waals surface area contributed by atoms with Crippen LogP contribution >= 0.6 is 23.4 Å². The van der Waals surface area contributed by atoms with Gasteiger partial charge in [-0.1, -0.05) is 23.7 Å². The van der Waals surface area contributed by atoms with Gasteiger partial charge in [-0.05, 0) is 31.2 Å². The van der Waals surface area contributed by atoms with Crippen molar-refractivity contribution in [2.45, 2.75) is 17.9 Å². The van der Waals surface area contributed by atoms with Gasteiger partial charge in [0.1, 0.15) is 5.82 Å². The van der Waals surface area contributed by atoms with Gasteiger partial charge < -0.3 is 10.1 Å². The third-order valence-corrected chi connectivity index (χ3v) is 4.55. The molecular formula is C17H14ClFN2O5S. The standard InChI is InChI=1S/C17H14ClFN2O5S/c1-10(17(23)20-13-7-6-11(18)8-12(13)19)26-16(22)9-27-15-5-3-2-4-14(15)21(24)25/h2-8,10H,9H2,1H3,(H,20,23)/t10-/m1/s1.